The highest BCUT2D eigenvalue weighted by Crippen LogP contribution is 2.49. The Hall–Kier alpha value is -1.86. The maximum atomic E-state index is 12.7. The number of likely N-dealkylation sites (tertiary alicyclic amines) is 1. The summed E-state index contributed by atoms with van der Waals surface area (Å²) in [4.78, 5) is 19.2. The maximum absolute atomic E-state index is 12.7. The molecule has 1 saturated heterocycles. The second-order valence-electron chi connectivity index (χ2n) is 7.12. The molecule has 3 heterocycles. The Labute approximate surface area is 151 Å². The van der Waals surface area contributed by atoms with Crippen molar-refractivity contribution in [3.05, 3.63) is 40.1 Å². The summed E-state index contributed by atoms with van der Waals surface area (Å²) in [6, 6.07) is 1.73. The Morgan fingerprint density at radius 3 is 3.16 bits per heavy atom. The van der Waals surface area contributed by atoms with Gasteiger partial charge in [0.25, 0.3) is 5.91 Å². The molecule has 0 aromatic carbocycles. The fourth-order valence-corrected chi connectivity index (χ4v) is 4.84. The van der Waals surface area contributed by atoms with Crippen LogP contribution in [0.4, 0.5) is 0 Å². The summed E-state index contributed by atoms with van der Waals surface area (Å²) >= 11 is 1.65. The monoisotopic (exact) mass is 358 g/mol. The molecule has 0 spiro atoms. The van der Waals surface area contributed by atoms with Gasteiger partial charge in [0.2, 0.25) is 0 Å². The number of nitrogens with zero attached hydrogens (tertiary/aromatic N) is 4. The van der Waals surface area contributed by atoms with Gasteiger partial charge in [-0.25, -0.2) is 4.98 Å². The highest BCUT2D eigenvalue weighted by molar-refractivity contribution is 7.09. The Balaban J connectivity index is 1.41. The fourth-order valence-electron chi connectivity index (χ4n) is 4.24. The van der Waals surface area contributed by atoms with Gasteiger partial charge in [-0.1, -0.05) is 6.42 Å². The lowest BCUT2D eigenvalue weighted by molar-refractivity contribution is 0.0254. The van der Waals surface area contributed by atoms with E-state index in [9.17, 15) is 4.79 Å². The average Bonchev–Trinajstić information content (AvgIpc) is 3.29. The number of carbonyl (C=O) groups is 1. The van der Waals surface area contributed by atoms with Gasteiger partial charge in [0, 0.05) is 23.9 Å². The van der Waals surface area contributed by atoms with Gasteiger partial charge in [0.15, 0.2) is 0 Å². The van der Waals surface area contributed by atoms with Crippen LogP contribution in [0.3, 0.4) is 0 Å². The quantitative estimate of drug-likeness (QED) is 0.822. The lowest BCUT2D eigenvalue weighted by Crippen LogP contribution is -2.34. The first-order valence-electron chi connectivity index (χ1n) is 8.71. The smallest absolute Gasteiger partial charge is 0.255 e. The van der Waals surface area contributed by atoms with Gasteiger partial charge in [0.1, 0.15) is 0 Å². The molecular weight excluding hydrogens is 336 g/mol. The molecule has 0 bridgehead atoms. The number of hydrogen-bond acceptors (Lipinski definition) is 6. The number of carbonyl (C=O) groups excluding carboxylic acids is 1. The predicted molar refractivity (Wildman–Crippen MR) is 94.2 cm³/mol. The SMILES string of the molecule is Cc1nc(COC[C@]23CCC[C@H]2CN(C(=O)c2ccnnc2)C3)cs1. The van der Waals surface area contributed by atoms with E-state index < -0.39 is 0 Å². The van der Waals surface area contributed by atoms with Crippen molar-refractivity contribution in [3.8, 4) is 0 Å². The Kier molecular flexibility index (Phi) is 4.52. The molecule has 25 heavy (non-hydrogen) atoms. The lowest BCUT2D eigenvalue weighted by atomic mass is 9.81. The molecule has 2 atom stereocenters. The molecule has 0 radical (unpaired) electrons. The van der Waals surface area contributed by atoms with Crippen LogP contribution in [0, 0.1) is 18.3 Å². The van der Waals surface area contributed by atoms with Crippen molar-refractivity contribution in [2.45, 2.75) is 32.8 Å². The van der Waals surface area contributed by atoms with E-state index in [1.807, 2.05) is 11.8 Å². The summed E-state index contributed by atoms with van der Waals surface area (Å²) < 4.78 is 6.04. The number of fused-ring (bicyclic) bond motifs is 1. The average molecular weight is 358 g/mol. The zero-order chi connectivity index (χ0) is 17.3. The van der Waals surface area contributed by atoms with Crippen molar-refractivity contribution in [3.63, 3.8) is 0 Å². The van der Waals surface area contributed by atoms with Crippen LogP contribution in [0.25, 0.3) is 0 Å². The summed E-state index contributed by atoms with van der Waals surface area (Å²) in [7, 11) is 0. The molecule has 2 aromatic rings. The van der Waals surface area contributed by atoms with Crippen LogP contribution in [0.1, 0.15) is 40.3 Å². The fraction of sp³-hybridized carbons (Fsp3) is 0.556. The van der Waals surface area contributed by atoms with Crippen molar-refractivity contribution in [2.75, 3.05) is 19.7 Å². The van der Waals surface area contributed by atoms with Gasteiger partial charge in [-0.05, 0) is 31.7 Å². The lowest BCUT2D eigenvalue weighted by Gasteiger charge is -2.28. The first-order valence-corrected chi connectivity index (χ1v) is 9.59. The van der Waals surface area contributed by atoms with Crippen LogP contribution < -0.4 is 0 Å². The van der Waals surface area contributed by atoms with Gasteiger partial charge in [-0.2, -0.15) is 10.2 Å². The minimum atomic E-state index is 0.0544. The maximum Gasteiger partial charge on any atom is 0.255 e. The largest absolute Gasteiger partial charge is 0.374 e. The van der Waals surface area contributed by atoms with Crippen LogP contribution in [0.2, 0.25) is 0 Å². The van der Waals surface area contributed by atoms with Crippen LogP contribution >= 0.6 is 11.3 Å². The molecule has 1 saturated carbocycles. The molecule has 1 aliphatic heterocycles. The minimum Gasteiger partial charge on any atom is -0.374 e. The number of aromatic nitrogens is 3. The third kappa shape index (κ3) is 3.30. The highest BCUT2D eigenvalue weighted by atomic mass is 32.1. The molecule has 1 aliphatic carbocycles. The van der Waals surface area contributed by atoms with E-state index in [-0.39, 0.29) is 11.3 Å². The summed E-state index contributed by atoms with van der Waals surface area (Å²) in [5.74, 6) is 0.585. The number of hydrogen-bond donors (Lipinski definition) is 0. The number of rotatable bonds is 5. The molecule has 2 aliphatic rings. The van der Waals surface area contributed by atoms with Crippen molar-refractivity contribution < 1.29 is 9.53 Å². The van der Waals surface area contributed by atoms with Crippen LogP contribution in [0.15, 0.2) is 23.8 Å². The van der Waals surface area contributed by atoms with Crippen molar-refractivity contribution in [1.82, 2.24) is 20.1 Å². The first kappa shape index (κ1) is 16.6. The van der Waals surface area contributed by atoms with E-state index in [0.29, 0.717) is 24.7 Å². The minimum absolute atomic E-state index is 0.0544. The summed E-state index contributed by atoms with van der Waals surface area (Å²) in [5.41, 5.74) is 1.72. The van der Waals surface area contributed by atoms with E-state index >= 15 is 0 Å². The van der Waals surface area contributed by atoms with Crippen molar-refractivity contribution in [1.29, 1.82) is 0 Å². The van der Waals surface area contributed by atoms with Gasteiger partial charge in [0.05, 0.1) is 41.9 Å². The second kappa shape index (κ2) is 6.80. The Bertz CT molecular complexity index is 751. The van der Waals surface area contributed by atoms with Crippen LogP contribution in [0.5, 0.6) is 0 Å². The molecule has 4 rings (SSSR count). The molecule has 0 unspecified atom stereocenters. The van der Waals surface area contributed by atoms with E-state index in [0.717, 1.165) is 30.2 Å². The van der Waals surface area contributed by atoms with E-state index in [1.165, 1.54) is 12.8 Å². The molecule has 7 heteroatoms. The molecular formula is C18H22N4O2S. The van der Waals surface area contributed by atoms with E-state index in [1.54, 1.807) is 29.8 Å². The first-order chi connectivity index (χ1) is 12.2. The van der Waals surface area contributed by atoms with Gasteiger partial charge < -0.3 is 9.64 Å². The number of ether oxygens (including phenoxy) is 1. The molecule has 6 nitrogen and oxygen atoms in total. The predicted octanol–water partition coefficient (Wildman–Crippen LogP) is 2.70. The normalized spacial score (nSPS) is 25.3. The van der Waals surface area contributed by atoms with Crippen LogP contribution in [-0.4, -0.2) is 45.7 Å². The van der Waals surface area contributed by atoms with Gasteiger partial charge in [-0.3, -0.25) is 4.79 Å². The molecule has 0 N–H and O–H groups in total. The van der Waals surface area contributed by atoms with Crippen LogP contribution in [-0.2, 0) is 11.3 Å². The zero-order valence-electron chi connectivity index (χ0n) is 14.4. The molecule has 1 amide bonds. The summed E-state index contributed by atoms with van der Waals surface area (Å²) in [6.07, 6.45) is 6.65. The van der Waals surface area contributed by atoms with Gasteiger partial charge in [-0.15, -0.1) is 11.3 Å². The van der Waals surface area contributed by atoms with Crippen molar-refractivity contribution in [2.24, 2.45) is 11.3 Å². The number of amides is 1. The third-order valence-electron chi connectivity index (χ3n) is 5.46. The van der Waals surface area contributed by atoms with Gasteiger partial charge >= 0.3 is 0 Å². The molecule has 2 fully saturated rings. The Morgan fingerprint density at radius 1 is 1.48 bits per heavy atom. The second-order valence-corrected chi connectivity index (χ2v) is 8.18. The van der Waals surface area contributed by atoms with E-state index in [4.69, 9.17) is 4.74 Å². The van der Waals surface area contributed by atoms with Crippen molar-refractivity contribution >= 4 is 17.2 Å². The highest BCUT2D eigenvalue weighted by Gasteiger charge is 2.50. The zero-order valence-corrected chi connectivity index (χ0v) is 15.2. The Morgan fingerprint density at radius 2 is 2.40 bits per heavy atom. The summed E-state index contributed by atoms with van der Waals surface area (Å²) in [6.45, 7) is 4.86. The topological polar surface area (TPSA) is 68.2 Å². The molecule has 132 valence electrons. The number of thiazole rings is 1. The standard InChI is InChI=1S/C18H22N4O2S/c1-13-21-16(10-25-13)9-24-12-18-5-2-3-15(18)8-22(11-18)17(23)14-4-6-19-20-7-14/h4,6-7,10,15H,2-3,5,8-9,11-12H2,1H3/t15-,18+/m0/s1. The number of aryl methyl sites for hydroxylation is 1. The summed E-state index contributed by atoms with van der Waals surface area (Å²) in [5, 5.41) is 10.7. The molecule has 2 aromatic heterocycles. The third-order valence-corrected chi connectivity index (χ3v) is 6.29. The van der Waals surface area contributed by atoms with E-state index in [2.05, 4.69) is 20.6 Å².